The average molecular weight is 2100 g/mol. The second-order valence-corrected chi connectivity index (χ2v) is 32.5. The number of rotatable bonds is 29. The third-order valence-corrected chi connectivity index (χ3v) is 19.9. The number of nitrogens with one attached hydrogen (secondary N) is 2. The third kappa shape index (κ3) is 114. The van der Waals surface area contributed by atoms with Gasteiger partial charge in [-0.2, -0.15) is 0 Å². The minimum atomic E-state index is -0.410. The molecule has 2 amide bonds. The fourth-order valence-electron chi connectivity index (χ4n) is 9.94. The highest BCUT2D eigenvalue weighted by molar-refractivity contribution is 5.81. The van der Waals surface area contributed by atoms with Crippen molar-refractivity contribution >= 4 is 29.7 Å². The summed E-state index contributed by atoms with van der Waals surface area (Å²) in [7, 11) is 11.4. The standard InChI is InChI=1S/C11H17NO2.C11H16O3.C10H15NO2.C10H14O3.C10H16O2.C9H14O2.C7H8O3.C6H8O2.C6H8O.3C6H12.3C2H6O.3C2H6.12CH4/c1-4-11(2,3)10(13)12-8-9-6-5-7-14-9;1-4-11(2,3)10(12)14-8-9-6-5-7-13-9;1-3-8(2)10(12)11-7-9-5-4-6-13-9;1-3-8(2)10(11)13-7-9-5-4-6-12-9;1-4-10(2,3)12-8-9-6-5-7-11-9;1-3-8(2)11-7-9-5-4-6-10-9;1-6(8)10-5-7-3-2-4-9-7;1-7-5-6-3-2-4-8-6;1-2-6-4-3-5-7-6;3*1-2-4-6-5-3-1;3*1-3-2;3*1-2;;;;;;;;;;;;/h5-7H,4,8H2,1-3H3,(H,12,13);5-7H,4,8H2,1-3H3;4-6,8H,3,7H2,1-2H3,(H,11,12);4-6,8H,3,7H2,1-2H3;5-7H,4,8H2,1-3H3;4-6,8H,3,7H2,1-2H3;2-4H,5H2,1H3;2-4H,5H2,1H3;3-5H,2H2,1H3;3*1-6H2;3*1-2H3;3*1-2H3;12*1H4. The number of furan rings is 9. The van der Waals surface area contributed by atoms with Crippen molar-refractivity contribution in [2.75, 3.05) is 49.8 Å². The molecule has 3 aliphatic rings. The van der Waals surface area contributed by atoms with Gasteiger partial charge in [-0.3, -0.25) is 24.0 Å². The molecule has 12 rings (SSSR count). The minimum absolute atomic E-state index is 0. The van der Waals surface area contributed by atoms with Gasteiger partial charge in [0.25, 0.3) is 0 Å². The lowest BCUT2D eigenvalue weighted by molar-refractivity contribution is -0.156. The number of hydrogen-bond donors (Lipinski definition) is 2. The average Bonchev–Trinajstić information content (AvgIpc) is 1.77. The maximum atomic E-state index is 11.6. The van der Waals surface area contributed by atoms with Crippen LogP contribution in [0, 0.1) is 22.7 Å². The molecule has 2 N–H and O–H groups in total. The van der Waals surface area contributed by atoms with E-state index >= 15 is 0 Å². The van der Waals surface area contributed by atoms with E-state index in [2.05, 4.69) is 71.1 Å². The largest absolute Gasteiger partial charge is 0.469 e. The molecule has 9 aromatic rings. The smallest absolute Gasteiger partial charge is 0.311 e. The van der Waals surface area contributed by atoms with E-state index in [0.29, 0.717) is 56.3 Å². The van der Waals surface area contributed by atoms with Gasteiger partial charge in [-0.15, -0.1) is 0 Å². The van der Waals surface area contributed by atoms with Crippen LogP contribution in [0.5, 0.6) is 0 Å². The van der Waals surface area contributed by atoms with E-state index in [9.17, 15) is 24.0 Å². The fourth-order valence-corrected chi connectivity index (χ4v) is 9.94. The molecule has 3 aliphatic carbocycles. The topological polar surface area (TPSA) is 311 Å². The molecule has 3 atom stereocenters. The van der Waals surface area contributed by atoms with E-state index < -0.39 is 5.41 Å². The summed E-state index contributed by atoms with van der Waals surface area (Å²) in [5.41, 5.74) is -0.758. The van der Waals surface area contributed by atoms with E-state index in [0.717, 1.165) is 79.5 Å². The van der Waals surface area contributed by atoms with Gasteiger partial charge in [-0.1, -0.05) is 322 Å². The van der Waals surface area contributed by atoms with Crippen molar-refractivity contribution in [2.24, 2.45) is 22.7 Å². The first-order valence-electron chi connectivity index (χ1n) is 49.2. The van der Waals surface area contributed by atoms with Crippen LogP contribution in [0.4, 0.5) is 0 Å². The van der Waals surface area contributed by atoms with Gasteiger partial charge in [0.2, 0.25) is 11.8 Å². The molecule has 0 saturated heterocycles. The third-order valence-electron chi connectivity index (χ3n) is 19.9. The number of methoxy groups -OCH3 is 4. The predicted octanol–water partition coefficient (Wildman–Crippen LogP) is 38.1. The molecule has 0 aromatic carbocycles. The lowest BCUT2D eigenvalue weighted by atomic mass is 9.89. The Hall–Kier alpha value is -9.37. The Morgan fingerprint density at radius 2 is 0.565 bits per heavy atom. The number of aryl methyl sites for hydroxylation is 1. The Morgan fingerprint density at radius 3 is 0.803 bits per heavy atom. The van der Waals surface area contributed by atoms with Crippen molar-refractivity contribution in [3.05, 3.63) is 217 Å². The minimum Gasteiger partial charge on any atom is -0.469 e. The zero-order valence-electron chi connectivity index (χ0n) is 89.5. The van der Waals surface area contributed by atoms with Crippen LogP contribution in [0.3, 0.4) is 0 Å². The molecule has 0 spiro atoms. The number of amides is 2. The highest BCUT2D eigenvalue weighted by atomic mass is 16.6. The van der Waals surface area contributed by atoms with Crippen molar-refractivity contribution in [2.45, 2.75) is 473 Å². The number of ether oxygens (including phenoxy) is 9. The second kappa shape index (κ2) is 129. The Bertz CT molecular complexity index is 3550. The summed E-state index contributed by atoms with van der Waals surface area (Å²) in [5.74, 6) is 6.83. The molecule has 25 nitrogen and oxygen atoms in total. The Labute approximate surface area is 905 Å². The number of carbonyl (C=O) groups excluding carboxylic acids is 5. The van der Waals surface area contributed by atoms with E-state index in [1.54, 1.807) is 143 Å². The lowest BCUT2D eigenvalue weighted by Crippen LogP contribution is -2.35. The summed E-state index contributed by atoms with van der Waals surface area (Å²) in [4.78, 5) is 56.0. The Morgan fingerprint density at radius 1 is 0.313 bits per heavy atom. The van der Waals surface area contributed by atoms with Crippen LogP contribution >= 0.6 is 0 Å². The molecular formula is C122H236N2O23. The monoisotopic (exact) mass is 2100 g/mol. The van der Waals surface area contributed by atoms with Crippen LogP contribution in [0.1, 0.15) is 454 Å². The molecular weight excluding hydrogens is 1860 g/mol. The second-order valence-electron chi connectivity index (χ2n) is 32.5. The lowest BCUT2D eigenvalue weighted by Gasteiger charge is -2.22. The summed E-state index contributed by atoms with van der Waals surface area (Å²) in [5, 5.41) is 5.65. The van der Waals surface area contributed by atoms with Crippen molar-refractivity contribution in [3.8, 4) is 0 Å². The Kier molecular flexibility index (Phi) is 157. The SMILES string of the molecule is C.C.C.C.C.C.C.C.C.C.C.C.C1CCCCC1.C1CCCCC1.C1CCCCC1.CC.CC.CC.CC(=O)OCc1ccco1.CCC(C)(C)C(=O)NCc1ccco1.CCC(C)(C)C(=O)OCc1ccco1.CCC(C)(C)OCc1ccco1.CCC(C)C(=O)NCc1ccco1.CCC(C)C(=O)OCc1ccco1.CCC(C)OCc1ccco1.CCc1ccco1.COC.COC.COC.COCc1ccco1. The molecule has 9 aromatic heterocycles. The zero-order chi connectivity index (χ0) is 103. The van der Waals surface area contributed by atoms with Crippen LogP contribution in [0.15, 0.2) is 205 Å². The fraction of sp³-hybridized carbons (Fsp3) is 0.664. The normalized spacial score (nSPS) is 11.4. The van der Waals surface area contributed by atoms with Crippen LogP contribution in [0.25, 0.3) is 0 Å². The van der Waals surface area contributed by atoms with Gasteiger partial charge in [0.15, 0.2) is 0 Å². The van der Waals surface area contributed by atoms with Crippen molar-refractivity contribution in [3.63, 3.8) is 0 Å². The molecule has 3 saturated carbocycles. The van der Waals surface area contributed by atoms with E-state index in [1.807, 2.05) is 184 Å². The quantitative estimate of drug-likeness (QED) is 0.0325. The molecule has 3 fully saturated rings. The maximum absolute atomic E-state index is 11.6. The van der Waals surface area contributed by atoms with Crippen LogP contribution < -0.4 is 10.6 Å². The number of hydrogen-bond acceptors (Lipinski definition) is 23. The summed E-state index contributed by atoms with van der Waals surface area (Å²) >= 11 is 0. The molecule has 0 radical (unpaired) electrons. The highest BCUT2D eigenvalue weighted by Gasteiger charge is 2.28. The summed E-state index contributed by atoms with van der Waals surface area (Å²) in [6.45, 7) is 48.5. The summed E-state index contributed by atoms with van der Waals surface area (Å²) in [6.07, 6.45) is 48.2. The summed E-state index contributed by atoms with van der Waals surface area (Å²) in [6, 6.07) is 33.1. The van der Waals surface area contributed by atoms with Gasteiger partial charge >= 0.3 is 17.9 Å². The molecule has 0 aliphatic heterocycles. The van der Waals surface area contributed by atoms with Gasteiger partial charge < -0.3 is 93.0 Å². The van der Waals surface area contributed by atoms with Gasteiger partial charge in [-0.05, 0) is 182 Å². The van der Waals surface area contributed by atoms with Gasteiger partial charge in [0.05, 0.1) is 92.5 Å². The van der Waals surface area contributed by atoms with E-state index in [-0.39, 0.29) is 162 Å². The molecule has 3 unspecified atom stereocenters. The molecule has 9 heterocycles. The van der Waals surface area contributed by atoms with Gasteiger partial charge in [0, 0.05) is 74.4 Å². The number of carbonyl (C=O) groups is 5. The zero-order valence-corrected chi connectivity index (χ0v) is 89.5. The first kappa shape index (κ1) is 180. The molecule has 872 valence electrons. The van der Waals surface area contributed by atoms with Crippen LogP contribution in [0.2, 0.25) is 0 Å². The van der Waals surface area contributed by atoms with Gasteiger partial charge in [-0.25, -0.2) is 0 Å². The maximum Gasteiger partial charge on any atom is 0.311 e. The first-order chi connectivity index (χ1) is 65.0. The number of esters is 3. The molecule has 0 bridgehead atoms. The van der Waals surface area contributed by atoms with E-state index in [4.69, 9.17) is 63.4 Å². The molecule has 147 heavy (non-hydrogen) atoms. The van der Waals surface area contributed by atoms with Crippen molar-refractivity contribution < 1.29 is 106 Å². The van der Waals surface area contributed by atoms with Crippen LogP contribution in [-0.4, -0.2) is 91.2 Å². The van der Waals surface area contributed by atoms with Gasteiger partial charge in [0.1, 0.15) is 91.5 Å². The predicted molar refractivity (Wildman–Crippen MR) is 625 cm³/mol. The van der Waals surface area contributed by atoms with Crippen LogP contribution in [-0.2, 0) is 126 Å². The van der Waals surface area contributed by atoms with Crippen molar-refractivity contribution in [1.82, 2.24) is 10.6 Å². The molecule has 25 heteroatoms. The van der Waals surface area contributed by atoms with Crippen molar-refractivity contribution in [1.29, 1.82) is 0 Å². The first-order valence-corrected chi connectivity index (χ1v) is 49.2. The highest BCUT2D eigenvalue weighted by Crippen LogP contribution is 2.24. The van der Waals surface area contributed by atoms with E-state index in [1.165, 1.54) is 122 Å². The Balaban J connectivity index is -0.0000000762. The summed E-state index contributed by atoms with van der Waals surface area (Å²) < 4.78 is 88.7.